The van der Waals surface area contributed by atoms with Gasteiger partial charge in [-0.2, -0.15) is 0 Å². The third kappa shape index (κ3) is 3.63. The molecule has 2 aliphatic rings. The summed E-state index contributed by atoms with van der Waals surface area (Å²) in [6.07, 6.45) is 0. The lowest BCUT2D eigenvalue weighted by Gasteiger charge is -2.29. The largest absolute Gasteiger partial charge is 0.497 e. The van der Waals surface area contributed by atoms with E-state index in [-0.39, 0.29) is 5.91 Å². The van der Waals surface area contributed by atoms with Crippen LogP contribution in [0.15, 0.2) is 95.1 Å². The quantitative estimate of drug-likeness (QED) is 0.649. The van der Waals surface area contributed by atoms with E-state index in [1.807, 2.05) is 83.8 Å². The van der Waals surface area contributed by atoms with Crippen LogP contribution in [0.3, 0.4) is 0 Å². The Balaban J connectivity index is 1.78. The summed E-state index contributed by atoms with van der Waals surface area (Å²) in [6, 6.07) is 25.0. The Morgan fingerprint density at radius 1 is 0.939 bits per heavy atom. The molecular weight excluding hydrogens is 414 g/mol. The Kier molecular flexibility index (Phi) is 5.57. The Morgan fingerprint density at radius 3 is 2.36 bits per heavy atom. The van der Waals surface area contributed by atoms with E-state index in [1.54, 1.807) is 14.2 Å². The van der Waals surface area contributed by atoms with Crippen LogP contribution in [0, 0.1) is 0 Å². The number of amides is 1. The van der Waals surface area contributed by atoms with Crippen molar-refractivity contribution in [2.45, 2.75) is 6.04 Å². The minimum atomic E-state index is -0.440. The van der Waals surface area contributed by atoms with Crippen molar-refractivity contribution in [2.75, 3.05) is 32.2 Å². The molecule has 0 saturated carbocycles. The Hall–Kier alpha value is -4.06. The van der Waals surface area contributed by atoms with Crippen LogP contribution in [0.25, 0.3) is 0 Å². The van der Waals surface area contributed by atoms with E-state index >= 15 is 0 Å². The summed E-state index contributed by atoms with van der Waals surface area (Å²) in [5.41, 5.74) is 4.86. The molecule has 0 aliphatic carbocycles. The molecule has 0 radical (unpaired) electrons. The van der Waals surface area contributed by atoms with Gasteiger partial charge in [-0.15, -0.1) is 0 Å². The van der Waals surface area contributed by atoms with Crippen molar-refractivity contribution in [3.05, 3.63) is 101 Å². The van der Waals surface area contributed by atoms with Gasteiger partial charge in [-0.3, -0.25) is 14.7 Å². The van der Waals surface area contributed by atoms with Crippen molar-refractivity contribution in [2.24, 2.45) is 4.99 Å². The summed E-state index contributed by atoms with van der Waals surface area (Å²) in [6.45, 7) is 1.17. The second kappa shape index (κ2) is 8.82. The number of nitrogens with one attached hydrogen (secondary N) is 1. The summed E-state index contributed by atoms with van der Waals surface area (Å²) in [4.78, 5) is 20.6. The molecule has 6 heteroatoms. The Morgan fingerprint density at radius 2 is 1.67 bits per heavy atom. The number of carbonyl (C=O) groups is 1. The standard InChI is InChI=1S/C27H25N3O3/c1-32-20-13-14-22(33-2)21(17-20)26-23-24(18-9-5-3-6-10-18)28-15-16-29-25(23)27(31)30(26)19-11-7-4-8-12-19/h3-14,17,26,29H,15-16H2,1-2H3. The van der Waals surface area contributed by atoms with Gasteiger partial charge in [0.1, 0.15) is 17.2 Å². The van der Waals surface area contributed by atoms with E-state index in [9.17, 15) is 4.79 Å². The summed E-state index contributed by atoms with van der Waals surface area (Å²) >= 11 is 0. The maximum absolute atomic E-state index is 13.9. The topological polar surface area (TPSA) is 63.2 Å². The maximum atomic E-state index is 13.9. The van der Waals surface area contributed by atoms with Crippen LogP contribution in [0.2, 0.25) is 0 Å². The van der Waals surface area contributed by atoms with Crippen LogP contribution < -0.4 is 19.7 Å². The second-order valence-corrected chi connectivity index (χ2v) is 7.83. The minimum absolute atomic E-state index is 0.0865. The van der Waals surface area contributed by atoms with E-state index in [0.29, 0.717) is 30.3 Å². The Bertz CT molecular complexity index is 1240. The van der Waals surface area contributed by atoms with Crippen LogP contribution in [-0.4, -0.2) is 38.9 Å². The first-order chi connectivity index (χ1) is 16.2. The van der Waals surface area contributed by atoms with Crippen molar-refractivity contribution < 1.29 is 14.3 Å². The third-order valence-electron chi connectivity index (χ3n) is 5.99. The molecule has 0 fully saturated rings. The monoisotopic (exact) mass is 439 g/mol. The lowest BCUT2D eigenvalue weighted by Crippen LogP contribution is -2.34. The van der Waals surface area contributed by atoms with E-state index in [4.69, 9.17) is 14.5 Å². The highest BCUT2D eigenvalue weighted by molar-refractivity contribution is 6.23. The molecule has 0 bridgehead atoms. The fourth-order valence-electron chi connectivity index (χ4n) is 4.52. The highest BCUT2D eigenvalue weighted by Gasteiger charge is 2.45. The number of aliphatic imine (C=N–C) groups is 1. The summed E-state index contributed by atoms with van der Waals surface area (Å²) in [5.74, 6) is 1.29. The van der Waals surface area contributed by atoms with E-state index in [0.717, 1.165) is 28.1 Å². The average molecular weight is 440 g/mol. The summed E-state index contributed by atoms with van der Waals surface area (Å²) in [5, 5.41) is 3.36. The number of benzene rings is 3. The number of ether oxygens (including phenoxy) is 2. The van der Waals surface area contributed by atoms with Crippen molar-refractivity contribution in [3.63, 3.8) is 0 Å². The molecule has 33 heavy (non-hydrogen) atoms. The Labute approximate surface area is 193 Å². The molecular formula is C27H25N3O3. The van der Waals surface area contributed by atoms with Gasteiger partial charge in [0.15, 0.2) is 0 Å². The van der Waals surface area contributed by atoms with Crippen LogP contribution in [0.5, 0.6) is 11.5 Å². The van der Waals surface area contributed by atoms with E-state index in [1.165, 1.54) is 0 Å². The molecule has 2 heterocycles. The van der Waals surface area contributed by atoms with E-state index in [2.05, 4.69) is 5.32 Å². The summed E-state index contributed by atoms with van der Waals surface area (Å²) in [7, 11) is 3.27. The lowest BCUT2D eigenvalue weighted by atomic mass is 9.91. The molecule has 2 aliphatic heterocycles. The van der Waals surface area contributed by atoms with Crippen LogP contribution >= 0.6 is 0 Å². The van der Waals surface area contributed by atoms with Gasteiger partial charge in [0, 0.05) is 28.9 Å². The number of rotatable bonds is 5. The number of carbonyl (C=O) groups excluding carboxylic acids is 1. The molecule has 5 rings (SSSR count). The fourth-order valence-corrected chi connectivity index (χ4v) is 4.52. The van der Waals surface area contributed by atoms with Gasteiger partial charge in [0.25, 0.3) is 5.91 Å². The second-order valence-electron chi connectivity index (χ2n) is 7.83. The first-order valence-electron chi connectivity index (χ1n) is 10.9. The molecule has 0 saturated heterocycles. The van der Waals surface area contributed by atoms with E-state index < -0.39 is 6.04 Å². The van der Waals surface area contributed by atoms with Crippen molar-refractivity contribution in [1.29, 1.82) is 0 Å². The van der Waals surface area contributed by atoms with Crippen molar-refractivity contribution in [1.82, 2.24) is 5.32 Å². The SMILES string of the molecule is COc1ccc(OC)c(C2C3=C(NCCN=C3c3ccccc3)C(=O)N2c2ccccc2)c1. The first-order valence-corrected chi connectivity index (χ1v) is 10.9. The minimum Gasteiger partial charge on any atom is -0.497 e. The molecule has 0 aromatic heterocycles. The number of methoxy groups -OCH3 is 2. The highest BCUT2D eigenvalue weighted by Crippen LogP contribution is 2.46. The number of hydrogen-bond acceptors (Lipinski definition) is 5. The van der Waals surface area contributed by atoms with Gasteiger partial charge < -0.3 is 14.8 Å². The molecule has 6 nitrogen and oxygen atoms in total. The average Bonchev–Trinajstić information content (AvgIpc) is 3.01. The molecule has 3 aromatic carbocycles. The fraction of sp³-hybridized carbons (Fsp3) is 0.185. The predicted molar refractivity (Wildman–Crippen MR) is 129 cm³/mol. The maximum Gasteiger partial charge on any atom is 0.275 e. The zero-order chi connectivity index (χ0) is 22.8. The van der Waals surface area contributed by atoms with Crippen LogP contribution in [-0.2, 0) is 4.79 Å². The predicted octanol–water partition coefficient (Wildman–Crippen LogP) is 4.14. The molecule has 1 amide bonds. The van der Waals surface area contributed by atoms with Gasteiger partial charge in [0.05, 0.1) is 32.5 Å². The zero-order valence-electron chi connectivity index (χ0n) is 18.6. The molecule has 1 unspecified atom stereocenters. The molecule has 3 aromatic rings. The zero-order valence-corrected chi connectivity index (χ0v) is 18.6. The molecule has 1 N–H and O–H groups in total. The third-order valence-corrected chi connectivity index (χ3v) is 5.99. The molecule has 0 spiro atoms. The van der Waals surface area contributed by atoms with Gasteiger partial charge >= 0.3 is 0 Å². The van der Waals surface area contributed by atoms with Gasteiger partial charge in [0.2, 0.25) is 0 Å². The number of anilines is 1. The van der Waals surface area contributed by atoms with Crippen LogP contribution in [0.4, 0.5) is 5.69 Å². The normalized spacial score (nSPS) is 17.8. The smallest absolute Gasteiger partial charge is 0.275 e. The van der Waals surface area contributed by atoms with Crippen LogP contribution in [0.1, 0.15) is 17.2 Å². The van der Waals surface area contributed by atoms with Gasteiger partial charge in [-0.05, 0) is 30.3 Å². The number of nitrogens with zero attached hydrogens (tertiary/aromatic N) is 2. The number of hydrogen-bond donors (Lipinski definition) is 1. The van der Waals surface area contributed by atoms with Crippen molar-refractivity contribution in [3.8, 4) is 11.5 Å². The summed E-state index contributed by atoms with van der Waals surface area (Å²) < 4.78 is 11.3. The lowest BCUT2D eigenvalue weighted by molar-refractivity contribution is -0.115. The number of para-hydroxylation sites is 1. The molecule has 166 valence electrons. The van der Waals surface area contributed by atoms with Gasteiger partial charge in [-0.1, -0.05) is 48.5 Å². The molecule has 1 atom stereocenters. The van der Waals surface area contributed by atoms with Gasteiger partial charge in [-0.25, -0.2) is 0 Å². The first kappa shape index (κ1) is 20.8. The van der Waals surface area contributed by atoms with Crippen molar-refractivity contribution >= 4 is 17.3 Å². The highest BCUT2D eigenvalue weighted by atomic mass is 16.5.